The van der Waals surface area contributed by atoms with E-state index in [1.165, 1.54) is 0 Å². The summed E-state index contributed by atoms with van der Waals surface area (Å²) in [5.74, 6) is 0.544. The summed E-state index contributed by atoms with van der Waals surface area (Å²) < 4.78 is 1.80. The van der Waals surface area contributed by atoms with Gasteiger partial charge in [0.25, 0.3) is 0 Å². The second-order valence-electron chi connectivity index (χ2n) is 5.30. The standard InChI is InChI=1S/C19H13N5/c20-13-14-9-11-15(12-10-14)17-7-4-8-18-22-19(23-24(17)18)21-16-5-2-1-3-6-16/h1-12H,(H,21,23). The van der Waals surface area contributed by atoms with Crippen LogP contribution in [0.15, 0.2) is 72.8 Å². The van der Waals surface area contributed by atoms with E-state index in [4.69, 9.17) is 5.26 Å². The molecule has 0 saturated heterocycles. The molecule has 5 heteroatoms. The first kappa shape index (κ1) is 14.0. The number of hydrogen-bond acceptors (Lipinski definition) is 4. The van der Waals surface area contributed by atoms with Crippen molar-refractivity contribution in [1.29, 1.82) is 5.26 Å². The second-order valence-corrected chi connectivity index (χ2v) is 5.30. The average Bonchev–Trinajstić information content (AvgIpc) is 3.05. The molecule has 0 saturated carbocycles. The molecule has 0 spiro atoms. The second kappa shape index (κ2) is 5.86. The summed E-state index contributed by atoms with van der Waals surface area (Å²) in [6.45, 7) is 0. The molecule has 0 atom stereocenters. The van der Waals surface area contributed by atoms with Crippen LogP contribution in [0.4, 0.5) is 11.6 Å². The summed E-state index contributed by atoms with van der Waals surface area (Å²) in [5.41, 5.74) is 4.24. The van der Waals surface area contributed by atoms with E-state index in [2.05, 4.69) is 21.5 Å². The summed E-state index contributed by atoms with van der Waals surface area (Å²) in [6.07, 6.45) is 0. The van der Waals surface area contributed by atoms with Crippen molar-refractivity contribution < 1.29 is 0 Å². The first-order chi connectivity index (χ1) is 11.8. The van der Waals surface area contributed by atoms with Crippen LogP contribution in [0, 0.1) is 11.3 Å². The number of rotatable bonds is 3. The highest BCUT2D eigenvalue weighted by atomic mass is 15.4. The number of hydrogen-bond donors (Lipinski definition) is 1. The summed E-state index contributed by atoms with van der Waals surface area (Å²) in [6, 6.07) is 25.2. The maximum Gasteiger partial charge on any atom is 0.247 e. The van der Waals surface area contributed by atoms with Crippen molar-refractivity contribution in [2.24, 2.45) is 0 Å². The van der Waals surface area contributed by atoms with Crippen molar-refractivity contribution in [3.8, 4) is 17.3 Å². The van der Waals surface area contributed by atoms with Gasteiger partial charge in [-0.15, -0.1) is 5.10 Å². The van der Waals surface area contributed by atoms with Gasteiger partial charge in [0.2, 0.25) is 5.95 Å². The molecule has 5 nitrogen and oxygen atoms in total. The fraction of sp³-hybridized carbons (Fsp3) is 0. The van der Waals surface area contributed by atoms with Gasteiger partial charge in [-0.2, -0.15) is 10.2 Å². The van der Waals surface area contributed by atoms with Crippen LogP contribution >= 0.6 is 0 Å². The van der Waals surface area contributed by atoms with Gasteiger partial charge < -0.3 is 5.32 Å². The van der Waals surface area contributed by atoms with E-state index < -0.39 is 0 Å². The predicted molar refractivity (Wildman–Crippen MR) is 92.9 cm³/mol. The van der Waals surface area contributed by atoms with E-state index in [1.807, 2.05) is 60.7 Å². The van der Waals surface area contributed by atoms with Crippen molar-refractivity contribution in [2.45, 2.75) is 0 Å². The smallest absolute Gasteiger partial charge is 0.247 e. The Morgan fingerprint density at radius 2 is 1.67 bits per heavy atom. The van der Waals surface area contributed by atoms with Gasteiger partial charge in [-0.25, -0.2) is 4.52 Å². The first-order valence-corrected chi connectivity index (χ1v) is 7.52. The fourth-order valence-electron chi connectivity index (χ4n) is 2.54. The summed E-state index contributed by atoms with van der Waals surface area (Å²) in [4.78, 5) is 4.52. The molecule has 24 heavy (non-hydrogen) atoms. The number of pyridine rings is 1. The molecule has 2 heterocycles. The normalized spacial score (nSPS) is 10.5. The van der Waals surface area contributed by atoms with E-state index in [0.717, 1.165) is 22.6 Å². The van der Waals surface area contributed by atoms with Crippen LogP contribution < -0.4 is 5.32 Å². The van der Waals surface area contributed by atoms with Crippen LogP contribution in [0.2, 0.25) is 0 Å². The van der Waals surface area contributed by atoms with Crippen LogP contribution in [-0.2, 0) is 0 Å². The highest BCUT2D eigenvalue weighted by Gasteiger charge is 2.09. The van der Waals surface area contributed by atoms with Crippen molar-refractivity contribution in [1.82, 2.24) is 14.6 Å². The Balaban J connectivity index is 1.75. The van der Waals surface area contributed by atoms with Crippen LogP contribution in [0.25, 0.3) is 16.9 Å². The lowest BCUT2D eigenvalue weighted by Crippen LogP contribution is -1.95. The zero-order valence-electron chi connectivity index (χ0n) is 12.7. The van der Waals surface area contributed by atoms with Gasteiger partial charge in [0.1, 0.15) is 0 Å². The number of fused-ring (bicyclic) bond motifs is 1. The molecule has 2 aromatic carbocycles. The Bertz CT molecular complexity index is 1030. The third kappa shape index (κ3) is 2.57. The van der Waals surface area contributed by atoms with Crippen molar-refractivity contribution in [3.05, 3.63) is 78.4 Å². The number of nitrogens with zero attached hydrogens (tertiary/aromatic N) is 4. The summed E-state index contributed by atoms with van der Waals surface area (Å²) in [5, 5.41) is 16.7. The summed E-state index contributed by atoms with van der Waals surface area (Å²) >= 11 is 0. The van der Waals surface area contributed by atoms with Crippen LogP contribution in [0.5, 0.6) is 0 Å². The number of benzene rings is 2. The van der Waals surface area contributed by atoms with Gasteiger partial charge in [0.05, 0.1) is 17.3 Å². The predicted octanol–water partition coefficient (Wildman–Crippen LogP) is 4.01. The molecule has 4 rings (SSSR count). The van der Waals surface area contributed by atoms with Gasteiger partial charge >= 0.3 is 0 Å². The Morgan fingerprint density at radius 3 is 2.42 bits per heavy atom. The quantitative estimate of drug-likeness (QED) is 0.621. The van der Waals surface area contributed by atoms with Gasteiger partial charge in [-0.1, -0.05) is 36.4 Å². The molecular weight excluding hydrogens is 298 g/mol. The zero-order chi connectivity index (χ0) is 16.4. The van der Waals surface area contributed by atoms with Crippen molar-refractivity contribution in [2.75, 3.05) is 5.32 Å². The molecule has 0 fully saturated rings. The molecule has 0 radical (unpaired) electrons. The molecule has 2 aromatic heterocycles. The largest absolute Gasteiger partial charge is 0.323 e. The Kier molecular flexibility index (Phi) is 3.41. The van der Waals surface area contributed by atoms with Crippen molar-refractivity contribution >= 4 is 17.3 Å². The maximum atomic E-state index is 8.93. The molecule has 1 N–H and O–H groups in total. The molecule has 0 bridgehead atoms. The molecule has 0 unspecified atom stereocenters. The van der Waals surface area contributed by atoms with Gasteiger partial charge in [-0.3, -0.25) is 0 Å². The van der Waals surface area contributed by atoms with Crippen LogP contribution in [0.3, 0.4) is 0 Å². The Morgan fingerprint density at radius 1 is 0.875 bits per heavy atom. The number of nitrogens with one attached hydrogen (secondary N) is 1. The lowest BCUT2D eigenvalue weighted by atomic mass is 10.1. The molecule has 114 valence electrons. The topological polar surface area (TPSA) is 66.0 Å². The first-order valence-electron chi connectivity index (χ1n) is 7.52. The third-order valence-corrected chi connectivity index (χ3v) is 3.70. The SMILES string of the molecule is N#Cc1ccc(-c2cccc3nc(Nc4ccccc4)nn23)cc1. The lowest BCUT2D eigenvalue weighted by Gasteiger charge is -2.04. The highest BCUT2D eigenvalue weighted by Crippen LogP contribution is 2.22. The third-order valence-electron chi connectivity index (χ3n) is 3.70. The van der Waals surface area contributed by atoms with Gasteiger partial charge in [-0.05, 0) is 36.4 Å². The maximum absolute atomic E-state index is 8.93. The molecular formula is C19H13N5. The highest BCUT2D eigenvalue weighted by molar-refractivity contribution is 5.65. The molecule has 0 aliphatic rings. The average molecular weight is 311 g/mol. The molecule has 0 amide bonds. The fourth-order valence-corrected chi connectivity index (χ4v) is 2.54. The van der Waals surface area contributed by atoms with Crippen LogP contribution in [-0.4, -0.2) is 14.6 Å². The minimum atomic E-state index is 0.544. The van der Waals surface area contributed by atoms with E-state index >= 15 is 0 Å². The Hall–Kier alpha value is -3.65. The zero-order valence-corrected chi connectivity index (χ0v) is 12.7. The number of nitriles is 1. The van der Waals surface area contributed by atoms with E-state index in [9.17, 15) is 0 Å². The van der Waals surface area contributed by atoms with E-state index in [0.29, 0.717) is 11.5 Å². The van der Waals surface area contributed by atoms with Gasteiger partial charge in [0, 0.05) is 11.3 Å². The molecule has 0 aliphatic carbocycles. The van der Waals surface area contributed by atoms with E-state index in [1.54, 1.807) is 16.6 Å². The number of para-hydroxylation sites is 1. The Labute approximate surface area is 138 Å². The lowest BCUT2D eigenvalue weighted by molar-refractivity contribution is 0.973. The summed E-state index contributed by atoms with van der Waals surface area (Å²) in [7, 11) is 0. The van der Waals surface area contributed by atoms with Gasteiger partial charge in [0.15, 0.2) is 5.65 Å². The van der Waals surface area contributed by atoms with E-state index in [-0.39, 0.29) is 0 Å². The van der Waals surface area contributed by atoms with Crippen LogP contribution in [0.1, 0.15) is 5.56 Å². The monoisotopic (exact) mass is 311 g/mol. The van der Waals surface area contributed by atoms with Crippen molar-refractivity contribution in [3.63, 3.8) is 0 Å². The minimum Gasteiger partial charge on any atom is -0.323 e. The molecule has 4 aromatic rings. The minimum absolute atomic E-state index is 0.544. The number of aromatic nitrogens is 3. The number of anilines is 2. The molecule has 0 aliphatic heterocycles.